The number of likely N-dealkylation sites (N-methyl/N-ethyl adjacent to an activating group) is 1. The second-order valence-electron chi connectivity index (χ2n) is 10.3. The van der Waals surface area contributed by atoms with Crippen LogP contribution in [0, 0.1) is 5.41 Å². The van der Waals surface area contributed by atoms with Crippen LogP contribution in [-0.2, 0) is 17.6 Å². The van der Waals surface area contributed by atoms with Crippen LogP contribution in [0.1, 0.15) is 65.1 Å². The van der Waals surface area contributed by atoms with Gasteiger partial charge in [-0.05, 0) is 44.1 Å². The van der Waals surface area contributed by atoms with Crippen molar-refractivity contribution in [3.63, 3.8) is 0 Å². The number of aliphatic hydroxyl groups is 1. The lowest BCUT2D eigenvalue weighted by Crippen LogP contribution is -2.31. The molecule has 0 bridgehead atoms. The number of rotatable bonds is 9. The molecular weight excluding hydrogens is 404 g/mol. The Kier molecular flexibility index (Phi) is 7.18. The van der Waals surface area contributed by atoms with Crippen molar-refractivity contribution in [1.29, 1.82) is 0 Å². The Morgan fingerprint density at radius 2 is 1.97 bits per heavy atom. The summed E-state index contributed by atoms with van der Waals surface area (Å²) in [4.78, 5) is 28.6. The predicted octanol–water partition coefficient (Wildman–Crippen LogP) is 4.01. The first kappa shape index (κ1) is 24.1. The normalized spacial score (nSPS) is 15.2. The number of pyridine rings is 1. The summed E-state index contributed by atoms with van der Waals surface area (Å²) in [6, 6.07) is 3.57. The highest BCUT2D eigenvalue weighted by molar-refractivity contribution is 5.84. The quantitative estimate of drug-likeness (QED) is 0.630. The fourth-order valence-electron chi connectivity index (χ4n) is 3.79. The monoisotopic (exact) mass is 440 g/mol. The Bertz CT molecular complexity index is 966. The van der Waals surface area contributed by atoms with Crippen LogP contribution < -0.4 is 9.64 Å². The van der Waals surface area contributed by atoms with E-state index in [9.17, 15) is 9.90 Å². The van der Waals surface area contributed by atoms with Crippen molar-refractivity contribution in [3.8, 4) is 17.3 Å². The molecule has 1 N–H and O–H groups in total. The van der Waals surface area contributed by atoms with Gasteiger partial charge in [0.2, 0.25) is 0 Å². The van der Waals surface area contributed by atoms with Crippen LogP contribution in [0.25, 0.3) is 11.5 Å². The third kappa shape index (κ3) is 6.25. The van der Waals surface area contributed by atoms with Gasteiger partial charge in [0.1, 0.15) is 23.9 Å². The third-order valence-electron chi connectivity index (χ3n) is 5.69. The molecule has 0 amide bonds. The van der Waals surface area contributed by atoms with E-state index in [1.807, 2.05) is 18.9 Å². The van der Waals surface area contributed by atoms with Crippen molar-refractivity contribution in [2.24, 2.45) is 5.41 Å². The SMILES string of the molecule is CC[C@](C)(O)COc1ccnc(-c2nc3c(c(N(C)CC(=O)CC(C)(C)C)n2)CCC3)c1. The molecule has 0 unspecified atom stereocenters. The van der Waals surface area contributed by atoms with Gasteiger partial charge in [-0.15, -0.1) is 0 Å². The van der Waals surface area contributed by atoms with Crippen LogP contribution in [0.5, 0.6) is 5.75 Å². The highest BCUT2D eigenvalue weighted by atomic mass is 16.5. The van der Waals surface area contributed by atoms with Gasteiger partial charge in [0, 0.05) is 37.0 Å². The second kappa shape index (κ2) is 9.53. The number of fused-ring (bicyclic) bond motifs is 1. The van der Waals surface area contributed by atoms with Crippen LogP contribution in [0.15, 0.2) is 18.3 Å². The summed E-state index contributed by atoms with van der Waals surface area (Å²) in [5, 5.41) is 10.2. The maximum absolute atomic E-state index is 12.6. The van der Waals surface area contributed by atoms with Crippen LogP contribution in [0.3, 0.4) is 0 Å². The van der Waals surface area contributed by atoms with Gasteiger partial charge in [0.25, 0.3) is 0 Å². The first-order chi connectivity index (χ1) is 15.0. The predicted molar refractivity (Wildman–Crippen MR) is 126 cm³/mol. The Labute approximate surface area is 191 Å². The second-order valence-corrected chi connectivity index (χ2v) is 10.3. The number of nitrogens with zero attached hydrogens (tertiary/aromatic N) is 4. The minimum absolute atomic E-state index is 0.0382. The maximum atomic E-state index is 12.6. The van der Waals surface area contributed by atoms with Crippen molar-refractivity contribution in [2.45, 2.75) is 72.3 Å². The van der Waals surface area contributed by atoms with Gasteiger partial charge in [0.05, 0.1) is 12.1 Å². The average Bonchev–Trinajstić information content (AvgIpc) is 3.19. The minimum atomic E-state index is -0.886. The number of Topliss-reactive ketones (excluding diaryl/α,β-unsaturated/α-hetero) is 1. The summed E-state index contributed by atoms with van der Waals surface area (Å²) in [5.74, 6) is 2.15. The molecule has 7 heteroatoms. The molecule has 32 heavy (non-hydrogen) atoms. The highest BCUT2D eigenvalue weighted by Gasteiger charge is 2.25. The van der Waals surface area contributed by atoms with E-state index in [-0.39, 0.29) is 17.8 Å². The molecule has 7 nitrogen and oxygen atoms in total. The Morgan fingerprint density at radius 1 is 1.22 bits per heavy atom. The molecule has 0 radical (unpaired) electrons. The number of carbonyl (C=O) groups is 1. The van der Waals surface area contributed by atoms with Gasteiger partial charge in [-0.25, -0.2) is 9.97 Å². The van der Waals surface area contributed by atoms with Crippen molar-refractivity contribution in [2.75, 3.05) is 25.1 Å². The fraction of sp³-hybridized carbons (Fsp3) is 0.600. The summed E-state index contributed by atoms with van der Waals surface area (Å²) in [7, 11) is 1.92. The molecule has 0 saturated heterocycles. The molecule has 2 heterocycles. The maximum Gasteiger partial charge on any atom is 0.180 e. The third-order valence-corrected chi connectivity index (χ3v) is 5.69. The summed E-state index contributed by atoms with van der Waals surface area (Å²) < 4.78 is 5.79. The number of aryl methyl sites for hydroxylation is 1. The summed E-state index contributed by atoms with van der Waals surface area (Å²) >= 11 is 0. The van der Waals surface area contributed by atoms with E-state index in [4.69, 9.17) is 14.7 Å². The van der Waals surface area contributed by atoms with E-state index in [0.29, 0.717) is 36.7 Å². The van der Waals surface area contributed by atoms with Gasteiger partial charge in [-0.2, -0.15) is 0 Å². The van der Waals surface area contributed by atoms with Crippen LogP contribution in [0.2, 0.25) is 0 Å². The molecule has 0 fully saturated rings. The molecule has 174 valence electrons. The van der Waals surface area contributed by atoms with Gasteiger partial charge >= 0.3 is 0 Å². The van der Waals surface area contributed by atoms with Gasteiger partial charge in [-0.1, -0.05) is 27.7 Å². The lowest BCUT2D eigenvalue weighted by Gasteiger charge is -2.23. The standard InChI is InChI=1S/C25H36N4O3/c1-7-25(5,31)16-32-18-11-12-26-21(13-18)22-27-20-10-8-9-19(20)23(28-22)29(6)15-17(30)14-24(2,3)4/h11-13,31H,7-10,14-16H2,1-6H3/t25-/m0/s1. The minimum Gasteiger partial charge on any atom is -0.490 e. The highest BCUT2D eigenvalue weighted by Crippen LogP contribution is 2.31. The molecular formula is C25H36N4O3. The van der Waals surface area contributed by atoms with Crippen LogP contribution >= 0.6 is 0 Å². The number of anilines is 1. The molecule has 1 aliphatic rings. The van der Waals surface area contributed by atoms with Gasteiger partial charge in [0.15, 0.2) is 11.6 Å². The molecule has 2 aromatic rings. The fourth-order valence-corrected chi connectivity index (χ4v) is 3.79. The number of ether oxygens (including phenoxy) is 1. The van der Waals surface area contributed by atoms with Gasteiger partial charge in [-0.3, -0.25) is 9.78 Å². The Balaban J connectivity index is 1.86. The smallest absolute Gasteiger partial charge is 0.180 e. The van der Waals surface area contributed by atoms with E-state index >= 15 is 0 Å². The Morgan fingerprint density at radius 3 is 2.66 bits per heavy atom. The zero-order valence-corrected chi connectivity index (χ0v) is 20.2. The molecule has 1 aliphatic carbocycles. The summed E-state index contributed by atoms with van der Waals surface area (Å²) in [5.41, 5.74) is 1.85. The topological polar surface area (TPSA) is 88.4 Å². The average molecular weight is 441 g/mol. The zero-order chi connectivity index (χ0) is 23.5. The largest absolute Gasteiger partial charge is 0.490 e. The molecule has 2 aromatic heterocycles. The first-order valence-electron chi connectivity index (χ1n) is 11.4. The molecule has 0 spiro atoms. The van der Waals surface area contributed by atoms with E-state index < -0.39 is 5.60 Å². The molecule has 1 atom stereocenters. The van der Waals surface area contributed by atoms with Crippen LogP contribution in [-0.4, -0.2) is 51.6 Å². The first-order valence-corrected chi connectivity index (χ1v) is 11.4. The summed E-state index contributed by atoms with van der Waals surface area (Å²) in [6.45, 7) is 10.4. The number of carbonyl (C=O) groups excluding carboxylic acids is 1. The van der Waals surface area contributed by atoms with Crippen molar-refractivity contribution < 1.29 is 14.6 Å². The summed E-state index contributed by atoms with van der Waals surface area (Å²) in [6.07, 6.45) is 5.65. The van der Waals surface area contributed by atoms with E-state index in [1.165, 1.54) is 0 Å². The lowest BCUT2D eigenvalue weighted by atomic mass is 9.90. The van der Waals surface area contributed by atoms with E-state index in [0.717, 1.165) is 36.3 Å². The van der Waals surface area contributed by atoms with E-state index in [2.05, 4.69) is 25.8 Å². The number of ketones is 1. The molecule has 0 saturated carbocycles. The van der Waals surface area contributed by atoms with Crippen molar-refractivity contribution in [1.82, 2.24) is 15.0 Å². The molecule has 0 aliphatic heterocycles. The van der Waals surface area contributed by atoms with Crippen LogP contribution in [0.4, 0.5) is 5.82 Å². The number of aromatic nitrogens is 3. The van der Waals surface area contributed by atoms with Crippen molar-refractivity contribution in [3.05, 3.63) is 29.6 Å². The lowest BCUT2D eigenvalue weighted by molar-refractivity contribution is -0.119. The van der Waals surface area contributed by atoms with Crippen molar-refractivity contribution >= 4 is 11.6 Å². The molecule has 3 rings (SSSR count). The van der Waals surface area contributed by atoms with Gasteiger partial charge < -0.3 is 14.7 Å². The number of hydrogen-bond donors (Lipinski definition) is 1. The number of hydrogen-bond acceptors (Lipinski definition) is 7. The van der Waals surface area contributed by atoms with E-state index in [1.54, 1.807) is 25.3 Å². The Hall–Kier alpha value is -2.54. The zero-order valence-electron chi connectivity index (χ0n) is 20.2. The molecule has 0 aromatic carbocycles.